The number of hydrogen-bond acceptors (Lipinski definition) is 6. The molecule has 0 spiro atoms. The van der Waals surface area contributed by atoms with Gasteiger partial charge in [0, 0.05) is 22.6 Å². The minimum absolute atomic E-state index is 0.267. The van der Waals surface area contributed by atoms with Gasteiger partial charge in [0.05, 0.1) is 7.11 Å². The molecule has 1 heterocycles. The van der Waals surface area contributed by atoms with E-state index in [1.165, 1.54) is 6.08 Å². The summed E-state index contributed by atoms with van der Waals surface area (Å²) in [5, 5.41) is 14.1. The average molecular weight is 453 g/mol. The predicted molar refractivity (Wildman–Crippen MR) is 123 cm³/mol. The van der Waals surface area contributed by atoms with Gasteiger partial charge in [-0.1, -0.05) is 0 Å². The molecule has 9 heteroatoms. The molecule has 9 nitrogen and oxygen atoms in total. The molecule has 0 atom stereocenters. The number of rotatable bonds is 6. The monoisotopic (exact) mass is 452 g/mol. The number of aryl methyl sites for hydroxylation is 1. The summed E-state index contributed by atoms with van der Waals surface area (Å²) < 4.78 is 12.1. The molecule has 0 saturated carbocycles. The number of nitrogens with zero attached hydrogens (tertiary/aromatic N) is 2. The zero-order valence-corrected chi connectivity index (χ0v) is 19.6. The number of methoxy groups -OCH3 is 1. The van der Waals surface area contributed by atoms with Crippen molar-refractivity contribution in [2.75, 3.05) is 13.7 Å². The molecule has 2 aromatic rings. The summed E-state index contributed by atoms with van der Waals surface area (Å²) in [7, 11) is 1.59. The second kappa shape index (κ2) is 10.5. The number of ether oxygens (including phenoxy) is 2. The molecule has 1 aromatic heterocycles. The molecule has 174 valence electrons. The van der Waals surface area contributed by atoms with Crippen molar-refractivity contribution >= 4 is 24.0 Å². The Bertz CT molecular complexity index is 1120. The number of hydrogen-bond donors (Lipinski definition) is 2. The summed E-state index contributed by atoms with van der Waals surface area (Å²) in [6, 6.07) is 10.4. The number of esters is 1. The van der Waals surface area contributed by atoms with E-state index < -0.39 is 30.1 Å². The fourth-order valence-electron chi connectivity index (χ4n) is 3.10. The highest BCUT2D eigenvalue weighted by atomic mass is 16.5. The third-order valence-corrected chi connectivity index (χ3v) is 4.52. The Balaban J connectivity index is 2.12. The zero-order valence-electron chi connectivity index (χ0n) is 19.6. The van der Waals surface area contributed by atoms with E-state index in [9.17, 15) is 19.6 Å². The second-order valence-electron chi connectivity index (χ2n) is 8.36. The van der Waals surface area contributed by atoms with Gasteiger partial charge in [0.15, 0.2) is 6.61 Å². The fourth-order valence-corrected chi connectivity index (χ4v) is 3.10. The highest BCUT2D eigenvalue weighted by Crippen LogP contribution is 2.24. The predicted octanol–water partition coefficient (Wildman–Crippen LogP) is 3.18. The van der Waals surface area contributed by atoms with Crippen LogP contribution in [0.2, 0.25) is 0 Å². The standard InChI is InChI=1S/C24H28N4O5/c1-15-11-17(16(2)28(15)19-7-9-20(32-6)10-8-19)12-18(13-25)22(30)33-14-21(29)26-23(31)27-24(3,4)5/h7-12H,14H2,1-6H3,(H2,26,27,29,31)/b18-12+. The van der Waals surface area contributed by atoms with Crippen LogP contribution in [0.3, 0.4) is 0 Å². The van der Waals surface area contributed by atoms with Gasteiger partial charge in [-0.2, -0.15) is 5.26 Å². The third kappa shape index (κ3) is 6.97. The molecule has 1 aromatic carbocycles. The fraction of sp³-hybridized carbons (Fsp3) is 0.333. The topological polar surface area (TPSA) is 122 Å². The maximum Gasteiger partial charge on any atom is 0.349 e. The van der Waals surface area contributed by atoms with Crippen molar-refractivity contribution in [2.24, 2.45) is 0 Å². The smallest absolute Gasteiger partial charge is 0.349 e. The molecular weight excluding hydrogens is 424 g/mol. The van der Waals surface area contributed by atoms with Gasteiger partial charge in [-0.3, -0.25) is 10.1 Å². The Morgan fingerprint density at radius 3 is 2.33 bits per heavy atom. The van der Waals surface area contributed by atoms with Crippen molar-refractivity contribution in [1.82, 2.24) is 15.2 Å². The molecule has 3 amide bonds. The number of imide groups is 1. The van der Waals surface area contributed by atoms with Gasteiger partial charge in [-0.05, 0) is 76.6 Å². The van der Waals surface area contributed by atoms with Gasteiger partial charge in [0.2, 0.25) is 0 Å². The van der Waals surface area contributed by atoms with E-state index in [4.69, 9.17) is 9.47 Å². The number of nitrogens with one attached hydrogen (secondary N) is 2. The average Bonchev–Trinajstić information content (AvgIpc) is 3.01. The number of carbonyl (C=O) groups is 3. The molecule has 0 unspecified atom stereocenters. The lowest BCUT2D eigenvalue weighted by atomic mass is 10.1. The number of urea groups is 1. The Kier molecular flexibility index (Phi) is 8.02. The first-order chi connectivity index (χ1) is 15.4. The van der Waals surface area contributed by atoms with E-state index in [1.54, 1.807) is 34.0 Å². The van der Waals surface area contributed by atoms with Gasteiger partial charge >= 0.3 is 12.0 Å². The Hall–Kier alpha value is -4.06. The van der Waals surface area contributed by atoms with Crippen molar-refractivity contribution in [3.05, 3.63) is 52.9 Å². The molecular formula is C24H28N4O5. The molecule has 2 rings (SSSR count). The highest BCUT2D eigenvalue weighted by molar-refractivity contribution is 6.00. The van der Waals surface area contributed by atoms with E-state index in [2.05, 4.69) is 10.6 Å². The van der Waals surface area contributed by atoms with Crippen molar-refractivity contribution in [3.8, 4) is 17.5 Å². The molecule has 33 heavy (non-hydrogen) atoms. The number of aromatic nitrogens is 1. The molecule has 0 aliphatic heterocycles. The van der Waals surface area contributed by atoms with Crippen LogP contribution in [0, 0.1) is 25.2 Å². The van der Waals surface area contributed by atoms with Crippen LogP contribution in [0.5, 0.6) is 5.75 Å². The van der Waals surface area contributed by atoms with Gasteiger partial charge in [0.25, 0.3) is 5.91 Å². The Labute approximate surface area is 193 Å². The summed E-state index contributed by atoms with van der Waals surface area (Å²) in [6.45, 7) is 8.35. The van der Waals surface area contributed by atoms with Crippen LogP contribution in [0.1, 0.15) is 37.7 Å². The van der Waals surface area contributed by atoms with Gasteiger partial charge in [-0.25, -0.2) is 9.59 Å². The molecule has 0 saturated heterocycles. The van der Waals surface area contributed by atoms with Crippen LogP contribution in [0.15, 0.2) is 35.9 Å². The normalized spacial score (nSPS) is 11.4. The summed E-state index contributed by atoms with van der Waals surface area (Å²) in [5.41, 5.74) is 2.48. The van der Waals surface area contributed by atoms with Crippen LogP contribution in [0.25, 0.3) is 11.8 Å². The first-order valence-electron chi connectivity index (χ1n) is 10.2. The summed E-state index contributed by atoms with van der Waals surface area (Å²) in [6.07, 6.45) is 1.41. The summed E-state index contributed by atoms with van der Waals surface area (Å²) in [4.78, 5) is 35.9. The van der Waals surface area contributed by atoms with Crippen LogP contribution >= 0.6 is 0 Å². The summed E-state index contributed by atoms with van der Waals surface area (Å²) >= 11 is 0. The van der Waals surface area contributed by atoms with E-state index in [0.717, 1.165) is 22.8 Å². The van der Waals surface area contributed by atoms with Gasteiger partial charge < -0.3 is 19.4 Å². The van der Waals surface area contributed by atoms with Crippen LogP contribution in [-0.4, -0.2) is 41.7 Å². The van der Waals surface area contributed by atoms with Crippen molar-refractivity contribution < 1.29 is 23.9 Å². The van der Waals surface area contributed by atoms with Crippen molar-refractivity contribution in [2.45, 2.75) is 40.2 Å². The lowest BCUT2D eigenvalue weighted by Crippen LogP contribution is -2.49. The largest absolute Gasteiger partial charge is 0.497 e. The minimum atomic E-state index is -0.960. The molecule has 0 aliphatic rings. The van der Waals surface area contributed by atoms with Gasteiger partial charge in [-0.15, -0.1) is 0 Å². The van der Waals surface area contributed by atoms with E-state index in [-0.39, 0.29) is 5.57 Å². The Morgan fingerprint density at radius 1 is 1.15 bits per heavy atom. The number of nitriles is 1. The maximum absolute atomic E-state index is 12.3. The Morgan fingerprint density at radius 2 is 1.79 bits per heavy atom. The molecule has 0 fully saturated rings. The quantitative estimate of drug-likeness (QED) is 0.394. The van der Waals surface area contributed by atoms with E-state index in [0.29, 0.717) is 5.56 Å². The SMILES string of the molecule is COc1ccc(-n2c(C)cc(/C=C(\C#N)C(=O)OCC(=O)NC(=O)NC(C)(C)C)c2C)cc1. The zero-order chi connectivity index (χ0) is 24.8. The number of benzene rings is 1. The molecule has 0 aliphatic carbocycles. The van der Waals surface area contributed by atoms with E-state index in [1.807, 2.05) is 48.7 Å². The number of carbonyl (C=O) groups excluding carboxylic acids is 3. The van der Waals surface area contributed by atoms with Crippen LogP contribution < -0.4 is 15.4 Å². The molecule has 2 N–H and O–H groups in total. The number of amides is 3. The van der Waals surface area contributed by atoms with Crippen LogP contribution in [0.4, 0.5) is 4.79 Å². The van der Waals surface area contributed by atoms with E-state index >= 15 is 0 Å². The molecule has 0 radical (unpaired) electrons. The lowest BCUT2D eigenvalue weighted by molar-refractivity contribution is -0.144. The van der Waals surface area contributed by atoms with Crippen molar-refractivity contribution in [1.29, 1.82) is 5.26 Å². The first-order valence-corrected chi connectivity index (χ1v) is 10.2. The minimum Gasteiger partial charge on any atom is -0.497 e. The molecule has 0 bridgehead atoms. The lowest BCUT2D eigenvalue weighted by Gasteiger charge is -2.20. The van der Waals surface area contributed by atoms with Crippen LogP contribution in [-0.2, 0) is 14.3 Å². The second-order valence-corrected chi connectivity index (χ2v) is 8.36. The van der Waals surface area contributed by atoms with Crippen molar-refractivity contribution in [3.63, 3.8) is 0 Å². The summed E-state index contributed by atoms with van der Waals surface area (Å²) in [5.74, 6) is -1.03. The highest BCUT2D eigenvalue weighted by Gasteiger charge is 2.19. The third-order valence-electron chi connectivity index (χ3n) is 4.52. The first kappa shape index (κ1) is 25.2. The maximum atomic E-state index is 12.3. The van der Waals surface area contributed by atoms with Gasteiger partial charge in [0.1, 0.15) is 17.4 Å².